The lowest BCUT2D eigenvalue weighted by Crippen LogP contribution is -2.45. The second kappa shape index (κ2) is 6.73. The molecule has 118 valence electrons. The highest BCUT2D eigenvalue weighted by Crippen LogP contribution is 2.44. The summed E-state index contributed by atoms with van der Waals surface area (Å²) in [7, 11) is 1.67. The monoisotopic (exact) mass is 300 g/mol. The fraction of sp³-hybridized carbons (Fsp3) is 0.875. The molecule has 4 heteroatoms. The van der Waals surface area contributed by atoms with E-state index in [4.69, 9.17) is 13.9 Å². The fourth-order valence-electron chi connectivity index (χ4n) is 2.80. The van der Waals surface area contributed by atoms with E-state index in [1.54, 1.807) is 14.2 Å². The highest BCUT2D eigenvalue weighted by atomic mass is 28.4. The third-order valence-corrected chi connectivity index (χ3v) is 9.55. The first kappa shape index (κ1) is 17.9. The van der Waals surface area contributed by atoms with E-state index in [-0.39, 0.29) is 17.4 Å². The van der Waals surface area contributed by atoms with Crippen LogP contribution in [0.25, 0.3) is 0 Å². The third-order valence-electron chi connectivity index (χ3n) is 5.05. The number of methoxy groups -OCH3 is 2. The van der Waals surface area contributed by atoms with Gasteiger partial charge in [-0.05, 0) is 31.0 Å². The van der Waals surface area contributed by atoms with Crippen molar-refractivity contribution < 1.29 is 13.9 Å². The Kier molecular flexibility index (Phi) is 6.02. The van der Waals surface area contributed by atoms with Gasteiger partial charge in [0.15, 0.2) is 14.6 Å². The molecule has 0 aromatic heterocycles. The van der Waals surface area contributed by atoms with Crippen LogP contribution in [0.1, 0.15) is 33.6 Å². The summed E-state index contributed by atoms with van der Waals surface area (Å²) in [5.74, 6) is 0.659. The standard InChI is InChI=1S/C16H32O3Si/c1-9-12-13(15(17-5)18-6)10-11-14(12)19-20(7,8)16(2,3)4/h9,12-15H,1,10-11H2,2-8H3/t12-,13+,14-/m1/s1. The zero-order chi connectivity index (χ0) is 15.6. The molecular formula is C16H32O3Si. The van der Waals surface area contributed by atoms with Crippen molar-refractivity contribution in [3.8, 4) is 0 Å². The molecule has 3 nitrogen and oxygen atoms in total. The van der Waals surface area contributed by atoms with Crippen molar-refractivity contribution in [3.05, 3.63) is 12.7 Å². The zero-order valence-electron chi connectivity index (χ0n) is 14.2. The topological polar surface area (TPSA) is 27.7 Å². The molecule has 0 spiro atoms. The molecule has 0 amide bonds. The minimum Gasteiger partial charge on any atom is -0.413 e. The van der Waals surface area contributed by atoms with Crippen LogP contribution in [0.2, 0.25) is 18.1 Å². The van der Waals surface area contributed by atoms with E-state index in [1.165, 1.54) is 0 Å². The largest absolute Gasteiger partial charge is 0.413 e. The van der Waals surface area contributed by atoms with Crippen LogP contribution in [0.4, 0.5) is 0 Å². The van der Waals surface area contributed by atoms with Crippen molar-refractivity contribution in [2.24, 2.45) is 11.8 Å². The van der Waals surface area contributed by atoms with Crippen molar-refractivity contribution in [1.29, 1.82) is 0 Å². The number of ether oxygens (including phenoxy) is 2. The summed E-state index contributed by atoms with van der Waals surface area (Å²) >= 11 is 0. The Morgan fingerprint density at radius 2 is 1.70 bits per heavy atom. The van der Waals surface area contributed by atoms with E-state index in [1.807, 2.05) is 6.08 Å². The van der Waals surface area contributed by atoms with Crippen LogP contribution >= 0.6 is 0 Å². The maximum absolute atomic E-state index is 6.59. The van der Waals surface area contributed by atoms with Crippen LogP contribution in [-0.4, -0.2) is 34.9 Å². The molecular weight excluding hydrogens is 268 g/mol. The van der Waals surface area contributed by atoms with E-state index < -0.39 is 8.32 Å². The van der Waals surface area contributed by atoms with Gasteiger partial charge in [0.05, 0.1) is 6.10 Å². The summed E-state index contributed by atoms with van der Waals surface area (Å²) in [4.78, 5) is 0. The van der Waals surface area contributed by atoms with E-state index in [9.17, 15) is 0 Å². The normalized spacial score (nSPS) is 28.1. The molecule has 0 heterocycles. The Balaban J connectivity index is 2.81. The number of rotatable bonds is 6. The highest BCUT2D eigenvalue weighted by Gasteiger charge is 2.45. The van der Waals surface area contributed by atoms with Crippen molar-refractivity contribution >= 4 is 8.32 Å². The fourth-order valence-corrected chi connectivity index (χ4v) is 4.19. The summed E-state index contributed by atoms with van der Waals surface area (Å²) in [5.41, 5.74) is 0. The molecule has 0 radical (unpaired) electrons. The van der Waals surface area contributed by atoms with E-state index in [0.717, 1.165) is 12.8 Å². The first-order valence-corrected chi connectivity index (χ1v) is 10.4. The smallest absolute Gasteiger partial charge is 0.192 e. The van der Waals surface area contributed by atoms with Crippen molar-refractivity contribution in [2.45, 2.75) is 64.1 Å². The first-order chi connectivity index (χ1) is 9.17. The van der Waals surface area contributed by atoms with Crippen LogP contribution < -0.4 is 0 Å². The van der Waals surface area contributed by atoms with Gasteiger partial charge in [-0.25, -0.2) is 0 Å². The van der Waals surface area contributed by atoms with E-state index >= 15 is 0 Å². The summed E-state index contributed by atoms with van der Waals surface area (Å²) in [6.45, 7) is 15.5. The van der Waals surface area contributed by atoms with E-state index in [2.05, 4.69) is 40.4 Å². The van der Waals surface area contributed by atoms with Crippen molar-refractivity contribution in [1.82, 2.24) is 0 Å². The van der Waals surface area contributed by atoms with Gasteiger partial charge >= 0.3 is 0 Å². The van der Waals surface area contributed by atoms with Crippen LogP contribution in [0, 0.1) is 11.8 Å². The highest BCUT2D eigenvalue weighted by molar-refractivity contribution is 6.74. The lowest BCUT2D eigenvalue weighted by molar-refractivity contribution is -0.143. The summed E-state index contributed by atoms with van der Waals surface area (Å²) in [6.07, 6.45) is 4.26. The molecule has 0 aromatic rings. The molecule has 0 saturated heterocycles. The van der Waals surface area contributed by atoms with Crippen LogP contribution in [0.5, 0.6) is 0 Å². The predicted molar refractivity (Wildman–Crippen MR) is 86.3 cm³/mol. The van der Waals surface area contributed by atoms with Gasteiger partial charge in [-0.15, -0.1) is 6.58 Å². The lowest BCUT2D eigenvalue weighted by Gasteiger charge is -2.40. The summed E-state index contributed by atoms with van der Waals surface area (Å²) in [5, 5.41) is 0.235. The Morgan fingerprint density at radius 3 is 2.10 bits per heavy atom. The second-order valence-electron chi connectivity index (χ2n) is 7.31. The molecule has 0 unspecified atom stereocenters. The maximum atomic E-state index is 6.59. The van der Waals surface area contributed by atoms with Crippen LogP contribution in [-0.2, 0) is 13.9 Å². The van der Waals surface area contributed by atoms with Crippen molar-refractivity contribution in [2.75, 3.05) is 14.2 Å². The molecule has 3 atom stereocenters. The van der Waals surface area contributed by atoms with Gasteiger partial charge in [0, 0.05) is 26.1 Å². The van der Waals surface area contributed by atoms with Crippen LogP contribution in [0.3, 0.4) is 0 Å². The average Bonchev–Trinajstić information content (AvgIpc) is 2.71. The molecule has 0 aliphatic heterocycles. The average molecular weight is 301 g/mol. The molecule has 1 fully saturated rings. The lowest BCUT2D eigenvalue weighted by atomic mass is 9.94. The molecule has 0 N–H and O–H groups in total. The molecule has 1 aliphatic rings. The SMILES string of the molecule is C=C[C@@H]1[C@@H](C(OC)OC)CC[C@H]1O[Si](C)(C)C(C)(C)C. The van der Waals surface area contributed by atoms with Gasteiger partial charge in [0.25, 0.3) is 0 Å². The van der Waals surface area contributed by atoms with Gasteiger partial charge in [0.1, 0.15) is 0 Å². The Labute approximate surface area is 125 Å². The minimum absolute atomic E-state index is 0.161. The van der Waals surface area contributed by atoms with Crippen LogP contribution in [0.15, 0.2) is 12.7 Å². The maximum Gasteiger partial charge on any atom is 0.192 e. The Bertz CT molecular complexity index is 318. The first-order valence-electron chi connectivity index (χ1n) is 7.54. The van der Waals surface area contributed by atoms with E-state index in [0.29, 0.717) is 11.8 Å². The van der Waals surface area contributed by atoms with Gasteiger partial charge in [0.2, 0.25) is 0 Å². The Hall–Kier alpha value is -0.163. The molecule has 20 heavy (non-hydrogen) atoms. The van der Waals surface area contributed by atoms with Gasteiger partial charge in [-0.3, -0.25) is 0 Å². The number of hydrogen-bond acceptors (Lipinski definition) is 3. The predicted octanol–water partition coefficient (Wildman–Crippen LogP) is 4.21. The second-order valence-corrected chi connectivity index (χ2v) is 12.1. The molecule has 1 saturated carbocycles. The molecule has 0 bridgehead atoms. The minimum atomic E-state index is -1.74. The zero-order valence-corrected chi connectivity index (χ0v) is 15.2. The Morgan fingerprint density at radius 1 is 1.15 bits per heavy atom. The third kappa shape index (κ3) is 3.73. The molecule has 1 aliphatic carbocycles. The quantitative estimate of drug-likeness (QED) is 0.418. The number of hydrogen-bond donors (Lipinski definition) is 0. The molecule has 1 rings (SSSR count). The van der Waals surface area contributed by atoms with Crippen molar-refractivity contribution in [3.63, 3.8) is 0 Å². The van der Waals surface area contributed by atoms with Gasteiger partial charge < -0.3 is 13.9 Å². The molecule has 0 aromatic carbocycles. The summed E-state index contributed by atoms with van der Waals surface area (Å²) < 4.78 is 17.5. The summed E-state index contributed by atoms with van der Waals surface area (Å²) in [6, 6.07) is 0. The van der Waals surface area contributed by atoms with Gasteiger partial charge in [-0.1, -0.05) is 26.8 Å². The van der Waals surface area contributed by atoms with Gasteiger partial charge in [-0.2, -0.15) is 0 Å².